The van der Waals surface area contributed by atoms with E-state index in [1.807, 2.05) is 4.90 Å². The van der Waals surface area contributed by atoms with Gasteiger partial charge in [-0.1, -0.05) is 23.2 Å². The molecule has 8 nitrogen and oxygen atoms in total. The van der Waals surface area contributed by atoms with Gasteiger partial charge in [0.05, 0.1) is 28.6 Å². The van der Waals surface area contributed by atoms with Crippen molar-refractivity contribution in [2.24, 2.45) is 0 Å². The van der Waals surface area contributed by atoms with Crippen LogP contribution in [0.5, 0.6) is 0 Å². The van der Waals surface area contributed by atoms with Gasteiger partial charge in [-0.2, -0.15) is 0 Å². The van der Waals surface area contributed by atoms with Crippen molar-refractivity contribution < 1.29 is 14.3 Å². The summed E-state index contributed by atoms with van der Waals surface area (Å²) in [5.41, 5.74) is 7.50. The number of ether oxygens (including phenoxy) is 1. The molecule has 1 fully saturated rings. The third kappa shape index (κ3) is 5.02. The van der Waals surface area contributed by atoms with E-state index in [0.29, 0.717) is 60.0 Å². The number of carbonyl (C=O) groups excluding carboxylic acids is 2. The highest BCUT2D eigenvalue weighted by molar-refractivity contribution is 6.32. The van der Waals surface area contributed by atoms with Crippen LogP contribution in [-0.2, 0) is 4.74 Å². The molecule has 0 atom stereocenters. The second-order valence-corrected chi connectivity index (χ2v) is 7.25. The molecular formula is C19H21Cl2N5O3. The Labute approximate surface area is 178 Å². The van der Waals surface area contributed by atoms with E-state index in [1.54, 1.807) is 30.0 Å². The van der Waals surface area contributed by atoms with Gasteiger partial charge in [0.25, 0.3) is 5.91 Å². The molecule has 0 bridgehead atoms. The fourth-order valence-electron chi connectivity index (χ4n) is 3.03. The molecule has 2 heterocycles. The number of anilines is 3. The number of nitrogens with two attached hydrogens (primary N) is 1. The Morgan fingerprint density at radius 2 is 1.90 bits per heavy atom. The summed E-state index contributed by atoms with van der Waals surface area (Å²) in [5, 5.41) is 3.54. The Hall–Kier alpha value is -2.71. The van der Waals surface area contributed by atoms with E-state index in [0.717, 1.165) is 0 Å². The zero-order valence-corrected chi connectivity index (χ0v) is 17.3. The number of piperazine rings is 1. The molecule has 29 heavy (non-hydrogen) atoms. The van der Waals surface area contributed by atoms with Gasteiger partial charge >= 0.3 is 6.09 Å². The van der Waals surface area contributed by atoms with Crippen LogP contribution < -0.4 is 16.0 Å². The molecule has 0 unspecified atom stereocenters. The van der Waals surface area contributed by atoms with Crippen LogP contribution in [0, 0.1) is 0 Å². The van der Waals surface area contributed by atoms with Crippen LogP contribution >= 0.6 is 23.2 Å². The minimum absolute atomic E-state index is 0.247. The van der Waals surface area contributed by atoms with Crippen molar-refractivity contribution in [2.75, 3.05) is 48.7 Å². The third-order valence-corrected chi connectivity index (χ3v) is 4.92. The molecule has 3 rings (SSSR count). The first-order chi connectivity index (χ1) is 13.9. The maximum absolute atomic E-state index is 12.7. The molecule has 154 valence electrons. The molecule has 0 radical (unpaired) electrons. The lowest BCUT2D eigenvalue weighted by Gasteiger charge is -2.36. The van der Waals surface area contributed by atoms with E-state index in [4.69, 9.17) is 33.7 Å². The van der Waals surface area contributed by atoms with Crippen LogP contribution in [0.15, 0.2) is 30.5 Å². The molecule has 1 aromatic heterocycles. The van der Waals surface area contributed by atoms with Gasteiger partial charge < -0.3 is 25.6 Å². The van der Waals surface area contributed by atoms with E-state index in [9.17, 15) is 9.59 Å². The lowest BCUT2D eigenvalue weighted by atomic mass is 10.1. The van der Waals surface area contributed by atoms with E-state index in [2.05, 4.69) is 10.3 Å². The number of rotatable bonds is 4. The fourth-order valence-corrected chi connectivity index (χ4v) is 3.36. The topological polar surface area (TPSA) is 101 Å². The maximum Gasteiger partial charge on any atom is 0.409 e. The van der Waals surface area contributed by atoms with E-state index in [1.165, 1.54) is 12.3 Å². The molecule has 3 N–H and O–H groups in total. The number of amides is 2. The number of benzene rings is 1. The number of nitrogens with zero attached hydrogens (tertiary/aromatic N) is 3. The van der Waals surface area contributed by atoms with E-state index >= 15 is 0 Å². The second-order valence-electron chi connectivity index (χ2n) is 6.37. The molecule has 10 heteroatoms. The highest BCUT2D eigenvalue weighted by Gasteiger charge is 2.25. The molecule has 0 aliphatic carbocycles. The maximum atomic E-state index is 12.7. The highest BCUT2D eigenvalue weighted by atomic mass is 35.5. The highest BCUT2D eigenvalue weighted by Crippen LogP contribution is 2.32. The van der Waals surface area contributed by atoms with Gasteiger partial charge in [-0.05, 0) is 31.2 Å². The number of hydrogen-bond acceptors (Lipinski definition) is 6. The minimum Gasteiger partial charge on any atom is -0.450 e. The molecule has 0 spiro atoms. The first-order valence-corrected chi connectivity index (χ1v) is 9.83. The van der Waals surface area contributed by atoms with E-state index in [-0.39, 0.29) is 11.7 Å². The van der Waals surface area contributed by atoms with Gasteiger partial charge in [0.1, 0.15) is 5.82 Å². The minimum atomic E-state index is -0.425. The van der Waals surface area contributed by atoms with Crippen LogP contribution in [-0.4, -0.2) is 54.7 Å². The Kier molecular flexibility index (Phi) is 6.66. The predicted molar refractivity (Wildman–Crippen MR) is 114 cm³/mol. The lowest BCUT2D eigenvalue weighted by molar-refractivity contribution is 0.102. The predicted octanol–water partition coefficient (Wildman–Crippen LogP) is 3.50. The van der Waals surface area contributed by atoms with Gasteiger partial charge in [0, 0.05) is 37.4 Å². The largest absolute Gasteiger partial charge is 0.450 e. The van der Waals surface area contributed by atoms with Gasteiger partial charge in [0.15, 0.2) is 0 Å². The van der Waals surface area contributed by atoms with Crippen molar-refractivity contribution >= 4 is 52.4 Å². The quantitative estimate of drug-likeness (QED) is 0.709. The smallest absolute Gasteiger partial charge is 0.409 e. The molecule has 2 amide bonds. The number of halogens is 2. The van der Waals surface area contributed by atoms with Gasteiger partial charge in [-0.15, -0.1) is 0 Å². The Morgan fingerprint density at radius 1 is 1.17 bits per heavy atom. The van der Waals surface area contributed by atoms with Crippen LogP contribution in [0.2, 0.25) is 10.0 Å². The van der Waals surface area contributed by atoms with Crippen molar-refractivity contribution in [2.45, 2.75) is 6.92 Å². The summed E-state index contributed by atoms with van der Waals surface area (Å²) >= 11 is 12.1. The summed E-state index contributed by atoms with van der Waals surface area (Å²) in [5.74, 6) is -0.0744. The van der Waals surface area contributed by atoms with Crippen molar-refractivity contribution in [1.82, 2.24) is 9.88 Å². The number of nitrogen functional groups attached to an aromatic ring is 1. The zero-order valence-electron chi connectivity index (χ0n) is 15.8. The Balaban J connectivity index is 1.76. The van der Waals surface area contributed by atoms with E-state index < -0.39 is 5.91 Å². The fraction of sp³-hybridized carbons (Fsp3) is 0.316. The van der Waals surface area contributed by atoms with Gasteiger partial charge in [-0.3, -0.25) is 4.79 Å². The average Bonchev–Trinajstić information content (AvgIpc) is 2.71. The normalized spacial score (nSPS) is 13.9. The lowest BCUT2D eigenvalue weighted by Crippen LogP contribution is -2.49. The van der Waals surface area contributed by atoms with Crippen molar-refractivity contribution in [1.29, 1.82) is 0 Å². The summed E-state index contributed by atoms with van der Waals surface area (Å²) in [4.78, 5) is 32.3. The van der Waals surface area contributed by atoms with Crippen molar-refractivity contribution in [3.8, 4) is 0 Å². The first kappa shape index (κ1) is 21.0. The number of pyridine rings is 1. The zero-order chi connectivity index (χ0) is 21.0. The van der Waals surface area contributed by atoms with Crippen LogP contribution in [0.4, 0.5) is 22.0 Å². The summed E-state index contributed by atoms with van der Waals surface area (Å²) < 4.78 is 5.04. The summed E-state index contributed by atoms with van der Waals surface area (Å²) in [6, 6.07) is 6.45. The SMILES string of the molecule is CCOC(=O)N1CCN(c2cc(Cl)cc(C(=O)Nc3ccc(Cl)cn3)c2N)CC1. The number of aromatic nitrogens is 1. The molecule has 1 aromatic carbocycles. The third-order valence-electron chi connectivity index (χ3n) is 4.48. The van der Waals surface area contributed by atoms with Gasteiger partial charge in [-0.25, -0.2) is 9.78 Å². The van der Waals surface area contributed by atoms with Crippen molar-refractivity contribution in [3.05, 3.63) is 46.1 Å². The molecule has 1 aliphatic rings. The molecule has 1 aliphatic heterocycles. The molecule has 2 aromatic rings. The number of hydrogen-bond donors (Lipinski definition) is 2. The summed E-state index contributed by atoms with van der Waals surface area (Å²) in [6.45, 7) is 4.17. The molecular weight excluding hydrogens is 417 g/mol. The summed E-state index contributed by atoms with van der Waals surface area (Å²) in [7, 11) is 0. The Bertz CT molecular complexity index is 899. The van der Waals surface area contributed by atoms with Crippen LogP contribution in [0.3, 0.4) is 0 Å². The molecule has 0 saturated carbocycles. The Morgan fingerprint density at radius 3 is 2.52 bits per heavy atom. The van der Waals surface area contributed by atoms with Crippen molar-refractivity contribution in [3.63, 3.8) is 0 Å². The number of carbonyl (C=O) groups is 2. The monoisotopic (exact) mass is 437 g/mol. The van der Waals surface area contributed by atoms with Crippen LogP contribution in [0.1, 0.15) is 17.3 Å². The standard InChI is InChI=1S/C19H21Cl2N5O3/c1-2-29-19(28)26-7-5-25(6-8-26)15-10-13(21)9-14(17(15)22)18(27)24-16-4-3-12(20)11-23-16/h3-4,9-11H,2,5-8,22H2,1H3,(H,23,24,27). The average molecular weight is 438 g/mol. The van der Waals surface area contributed by atoms with Gasteiger partial charge in [0.2, 0.25) is 0 Å². The molecule has 1 saturated heterocycles. The summed E-state index contributed by atoms with van der Waals surface area (Å²) in [6.07, 6.45) is 1.11. The number of nitrogens with one attached hydrogen (secondary N) is 1. The van der Waals surface area contributed by atoms with Crippen LogP contribution in [0.25, 0.3) is 0 Å². The second kappa shape index (κ2) is 9.19. The first-order valence-electron chi connectivity index (χ1n) is 9.07.